The quantitative estimate of drug-likeness (QED) is 0.410. The third kappa shape index (κ3) is 4.57. The Bertz CT molecular complexity index is 1220. The molecule has 0 aliphatic rings. The van der Waals surface area contributed by atoms with Crippen LogP contribution in [0, 0.1) is 0 Å². The first-order valence-corrected chi connectivity index (χ1v) is 10.7. The Labute approximate surface area is 198 Å². The first kappa shape index (κ1) is 24.7. The summed E-state index contributed by atoms with van der Waals surface area (Å²) < 4.78 is 32.4. The summed E-state index contributed by atoms with van der Waals surface area (Å²) in [4.78, 5) is 26.2. The van der Waals surface area contributed by atoms with Crippen LogP contribution in [0.2, 0.25) is 0 Å². The van der Waals surface area contributed by atoms with Crippen LogP contribution in [0.25, 0.3) is 21.9 Å². The van der Waals surface area contributed by atoms with Crippen molar-refractivity contribution >= 4 is 22.7 Å². The lowest BCUT2D eigenvalue weighted by atomic mass is 9.89. The second-order valence-electron chi connectivity index (χ2n) is 7.11. The minimum Gasteiger partial charge on any atom is -0.493 e. The second kappa shape index (κ2) is 10.8. The number of carbonyl (C=O) groups excluding carboxylic acids is 2. The van der Waals surface area contributed by atoms with Gasteiger partial charge >= 0.3 is 11.9 Å². The van der Waals surface area contributed by atoms with Crippen molar-refractivity contribution < 1.29 is 38.0 Å². The van der Waals surface area contributed by atoms with Crippen molar-refractivity contribution in [1.82, 2.24) is 0 Å². The second-order valence-corrected chi connectivity index (χ2v) is 7.11. The van der Waals surface area contributed by atoms with E-state index in [1.165, 1.54) is 28.4 Å². The number of fused-ring (bicyclic) bond motifs is 1. The van der Waals surface area contributed by atoms with Crippen LogP contribution in [0.5, 0.6) is 23.0 Å². The Morgan fingerprint density at radius 2 is 1.24 bits per heavy atom. The number of ether oxygens (including phenoxy) is 6. The summed E-state index contributed by atoms with van der Waals surface area (Å²) in [5.74, 6) is 0.650. The molecule has 0 radical (unpaired) electrons. The van der Waals surface area contributed by atoms with Crippen LogP contribution in [-0.4, -0.2) is 53.6 Å². The minimum absolute atomic E-state index is 0.0878. The van der Waals surface area contributed by atoms with Gasteiger partial charge in [-0.2, -0.15) is 0 Å². The van der Waals surface area contributed by atoms with Gasteiger partial charge in [0.2, 0.25) is 0 Å². The Balaban J connectivity index is 2.52. The Kier molecular flexibility index (Phi) is 7.83. The van der Waals surface area contributed by atoms with Crippen LogP contribution in [0.3, 0.4) is 0 Å². The third-order valence-electron chi connectivity index (χ3n) is 5.29. The van der Waals surface area contributed by atoms with Crippen LogP contribution >= 0.6 is 0 Å². The molecule has 0 spiro atoms. The van der Waals surface area contributed by atoms with Crippen molar-refractivity contribution in [2.75, 3.05) is 41.7 Å². The van der Waals surface area contributed by atoms with E-state index in [0.717, 1.165) is 0 Å². The number of benzene rings is 3. The number of rotatable bonds is 9. The van der Waals surface area contributed by atoms with Crippen molar-refractivity contribution in [3.63, 3.8) is 0 Å². The van der Waals surface area contributed by atoms with Gasteiger partial charge < -0.3 is 28.4 Å². The highest BCUT2D eigenvalue weighted by molar-refractivity contribution is 6.16. The van der Waals surface area contributed by atoms with Crippen LogP contribution in [0.15, 0.2) is 36.4 Å². The first-order chi connectivity index (χ1) is 16.4. The molecule has 0 N–H and O–H groups in total. The monoisotopic (exact) mass is 468 g/mol. The highest BCUT2D eigenvalue weighted by Crippen LogP contribution is 2.43. The molecule has 0 heterocycles. The number of methoxy groups -OCH3 is 4. The highest BCUT2D eigenvalue weighted by Gasteiger charge is 2.28. The highest BCUT2D eigenvalue weighted by atomic mass is 16.5. The predicted octanol–water partition coefficient (Wildman–Crippen LogP) is 4.89. The number of esters is 2. The third-order valence-corrected chi connectivity index (χ3v) is 5.29. The Morgan fingerprint density at radius 3 is 1.82 bits per heavy atom. The molecule has 3 aromatic carbocycles. The molecule has 0 fully saturated rings. The van der Waals surface area contributed by atoms with E-state index in [1.807, 2.05) is 0 Å². The molecule has 3 aromatic rings. The fraction of sp³-hybridized carbons (Fsp3) is 0.308. The van der Waals surface area contributed by atoms with Crippen LogP contribution < -0.4 is 18.9 Å². The Hall–Kier alpha value is -3.94. The summed E-state index contributed by atoms with van der Waals surface area (Å²) in [5.41, 5.74) is 1.27. The van der Waals surface area contributed by atoms with Gasteiger partial charge in [-0.25, -0.2) is 9.59 Å². The topological polar surface area (TPSA) is 89.5 Å². The van der Waals surface area contributed by atoms with Crippen molar-refractivity contribution in [2.45, 2.75) is 13.8 Å². The molecular formula is C26H28O8. The summed E-state index contributed by atoms with van der Waals surface area (Å²) >= 11 is 0. The fourth-order valence-corrected chi connectivity index (χ4v) is 3.80. The number of carbonyl (C=O) groups is 2. The summed E-state index contributed by atoms with van der Waals surface area (Å²) in [6.07, 6.45) is 0. The molecule has 0 saturated heterocycles. The maximum Gasteiger partial charge on any atom is 0.339 e. The zero-order chi connectivity index (χ0) is 24.8. The standard InChI is InChI=1S/C26H28O8/c1-7-33-25(27)18-11-16-13-21(31-5)22(32-6)14-17(16)23(24(18)26(28)34-8-2)15-9-10-19(29-3)20(12-15)30-4/h9-14H,7-8H2,1-6H3. The molecule has 34 heavy (non-hydrogen) atoms. The largest absolute Gasteiger partial charge is 0.493 e. The van der Waals surface area contributed by atoms with Crippen LogP contribution in [-0.2, 0) is 9.47 Å². The van der Waals surface area contributed by atoms with Crippen molar-refractivity contribution in [3.05, 3.63) is 47.5 Å². The maximum absolute atomic E-state index is 13.2. The number of hydrogen-bond donors (Lipinski definition) is 0. The summed E-state index contributed by atoms with van der Waals surface area (Å²) in [7, 11) is 6.11. The van der Waals surface area contributed by atoms with Gasteiger partial charge in [-0.1, -0.05) is 6.07 Å². The Morgan fingerprint density at radius 1 is 0.676 bits per heavy atom. The lowest BCUT2D eigenvalue weighted by molar-refractivity contribution is 0.0480. The molecule has 0 amide bonds. The molecule has 0 aromatic heterocycles. The van der Waals surface area contributed by atoms with Crippen molar-refractivity contribution in [3.8, 4) is 34.1 Å². The molecule has 0 saturated carbocycles. The average molecular weight is 469 g/mol. The van der Waals surface area contributed by atoms with Crippen LogP contribution in [0.1, 0.15) is 34.6 Å². The summed E-state index contributed by atoms with van der Waals surface area (Å²) in [6.45, 7) is 3.69. The van der Waals surface area contributed by atoms with Crippen molar-refractivity contribution in [2.24, 2.45) is 0 Å². The lowest BCUT2D eigenvalue weighted by Crippen LogP contribution is -2.16. The molecule has 8 heteroatoms. The molecule has 0 aliphatic carbocycles. The zero-order valence-electron chi connectivity index (χ0n) is 20.1. The van der Waals surface area contributed by atoms with E-state index in [9.17, 15) is 9.59 Å². The number of hydrogen-bond acceptors (Lipinski definition) is 8. The molecule has 3 rings (SSSR count). The molecule has 8 nitrogen and oxygen atoms in total. The van der Waals surface area contributed by atoms with Gasteiger partial charge in [-0.15, -0.1) is 0 Å². The molecular weight excluding hydrogens is 440 g/mol. The van der Waals surface area contributed by atoms with E-state index in [-0.39, 0.29) is 24.3 Å². The fourth-order valence-electron chi connectivity index (χ4n) is 3.80. The van der Waals surface area contributed by atoms with E-state index >= 15 is 0 Å². The first-order valence-electron chi connectivity index (χ1n) is 10.7. The minimum atomic E-state index is -0.646. The van der Waals surface area contributed by atoms with Gasteiger partial charge in [0.05, 0.1) is 52.8 Å². The van der Waals surface area contributed by atoms with E-state index in [1.54, 1.807) is 50.2 Å². The van der Waals surface area contributed by atoms with Gasteiger partial charge in [0.25, 0.3) is 0 Å². The predicted molar refractivity (Wildman–Crippen MR) is 128 cm³/mol. The maximum atomic E-state index is 13.2. The van der Waals surface area contributed by atoms with Gasteiger partial charge in [-0.05, 0) is 60.5 Å². The summed E-state index contributed by atoms with van der Waals surface area (Å²) in [5, 5.41) is 1.31. The van der Waals surface area contributed by atoms with E-state index in [0.29, 0.717) is 44.9 Å². The summed E-state index contributed by atoms with van der Waals surface area (Å²) in [6, 6.07) is 10.4. The van der Waals surface area contributed by atoms with Gasteiger partial charge in [0, 0.05) is 5.56 Å². The molecule has 0 aliphatic heterocycles. The van der Waals surface area contributed by atoms with Gasteiger partial charge in [-0.3, -0.25) is 0 Å². The molecule has 0 bridgehead atoms. The molecule has 180 valence electrons. The van der Waals surface area contributed by atoms with Crippen LogP contribution in [0.4, 0.5) is 0 Å². The lowest BCUT2D eigenvalue weighted by Gasteiger charge is -2.19. The normalized spacial score (nSPS) is 10.5. The van der Waals surface area contributed by atoms with E-state index in [2.05, 4.69) is 0 Å². The van der Waals surface area contributed by atoms with Gasteiger partial charge in [0.1, 0.15) is 0 Å². The van der Waals surface area contributed by atoms with E-state index < -0.39 is 11.9 Å². The van der Waals surface area contributed by atoms with Gasteiger partial charge in [0.15, 0.2) is 23.0 Å². The zero-order valence-corrected chi connectivity index (χ0v) is 20.1. The molecule has 0 unspecified atom stereocenters. The van der Waals surface area contributed by atoms with Crippen molar-refractivity contribution in [1.29, 1.82) is 0 Å². The SMILES string of the molecule is CCOC(=O)c1cc2cc(OC)c(OC)cc2c(-c2ccc(OC)c(OC)c2)c1C(=O)OCC. The smallest absolute Gasteiger partial charge is 0.339 e. The average Bonchev–Trinajstić information content (AvgIpc) is 2.86. The molecule has 0 atom stereocenters. The van der Waals surface area contributed by atoms with E-state index in [4.69, 9.17) is 28.4 Å².